The fourth-order valence-corrected chi connectivity index (χ4v) is 1.97. The van der Waals surface area contributed by atoms with Gasteiger partial charge in [-0.1, -0.05) is 18.2 Å². The number of nitrogens with one attached hydrogen (secondary N) is 1. The number of alkyl carbamates (subject to hydrolysis) is 1. The molecule has 0 aromatic heterocycles. The van der Waals surface area contributed by atoms with E-state index in [4.69, 9.17) is 9.47 Å². The number of hydrogen-bond acceptors (Lipinski definition) is 6. The van der Waals surface area contributed by atoms with Crippen LogP contribution in [0, 0.1) is 10.1 Å². The molecule has 132 valence electrons. The monoisotopic (exact) mass is 338 g/mol. The van der Waals surface area contributed by atoms with E-state index in [0.717, 1.165) is 0 Å². The molecule has 1 amide bonds. The Morgan fingerprint density at radius 1 is 1.29 bits per heavy atom. The second-order valence-electron chi connectivity index (χ2n) is 6.04. The van der Waals surface area contributed by atoms with Crippen LogP contribution < -0.4 is 5.32 Å². The van der Waals surface area contributed by atoms with Gasteiger partial charge in [0, 0.05) is 18.1 Å². The molecular weight excluding hydrogens is 316 g/mol. The Balaban J connectivity index is 2.97. The van der Waals surface area contributed by atoms with Gasteiger partial charge in [0.2, 0.25) is 0 Å². The second-order valence-corrected chi connectivity index (χ2v) is 6.04. The summed E-state index contributed by atoms with van der Waals surface area (Å²) in [6.07, 6.45) is -0.867. The van der Waals surface area contributed by atoms with Gasteiger partial charge in [0.1, 0.15) is 11.6 Å². The third-order valence-corrected chi connectivity index (χ3v) is 2.87. The lowest BCUT2D eigenvalue weighted by atomic mass is 10.0. The van der Waals surface area contributed by atoms with E-state index in [-0.39, 0.29) is 18.7 Å². The molecule has 0 unspecified atom stereocenters. The van der Waals surface area contributed by atoms with Crippen LogP contribution in [0.2, 0.25) is 0 Å². The zero-order valence-corrected chi connectivity index (χ0v) is 14.2. The number of para-hydroxylation sites is 1. The van der Waals surface area contributed by atoms with Crippen molar-refractivity contribution >= 4 is 17.7 Å². The normalized spacial score (nSPS) is 12.2. The molecule has 0 heterocycles. The minimum atomic E-state index is -1.08. The average molecular weight is 338 g/mol. The SMILES string of the molecule is CCOC(=O)[C@H](Cc1ccccc1[N+](=O)[O-])NC(=O)OC(C)(C)C. The molecule has 0 saturated heterocycles. The highest BCUT2D eigenvalue weighted by Crippen LogP contribution is 2.20. The van der Waals surface area contributed by atoms with Crippen LogP contribution in [-0.2, 0) is 20.7 Å². The topological polar surface area (TPSA) is 108 Å². The van der Waals surface area contributed by atoms with E-state index in [1.165, 1.54) is 18.2 Å². The summed E-state index contributed by atoms with van der Waals surface area (Å²) in [5, 5.41) is 13.5. The Hall–Kier alpha value is -2.64. The lowest BCUT2D eigenvalue weighted by Crippen LogP contribution is -2.45. The lowest BCUT2D eigenvalue weighted by molar-refractivity contribution is -0.385. The molecule has 0 bridgehead atoms. The summed E-state index contributed by atoms with van der Waals surface area (Å²) in [7, 11) is 0. The Labute approximate surface area is 140 Å². The quantitative estimate of drug-likeness (QED) is 0.485. The molecule has 1 rings (SSSR count). The van der Waals surface area contributed by atoms with Gasteiger partial charge in [-0.05, 0) is 27.7 Å². The molecule has 1 aromatic rings. The van der Waals surface area contributed by atoms with Crippen LogP contribution in [0.25, 0.3) is 0 Å². The lowest BCUT2D eigenvalue weighted by Gasteiger charge is -2.22. The fourth-order valence-electron chi connectivity index (χ4n) is 1.97. The van der Waals surface area contributed by atoms with Gasteiger partial charge in [-0.2, -0.15) is 0 Å². The molecule has 0 radical (unpaired) electrons. The van der Waals surface area contributed by atoms with Gasteiger partial charge < -0.3 is 14.8 Å². The van der Waals surface area contributed by atoms with Crippen LogP contribution in [0.3, 0.4) is 0 Å². The molecule has 0 fully saturated rings. The molecular formula is C16H22N2O6. The molecule has 0 saturated carbocycles. The number of amides is 1. The Morgan fingerprint density at radius 3 is 2.46 bits per heavy atom. The van der Waals surface area contributed by atoms with Crippen LogP contribution in [0.5, 0.6) is 0 Å². The first-order valence-corrected chi connectivity index (χ1v) is 7.52. The highest BCUT2D eigenvalue weighted by molar-refractivity contribution is 5.82. The number of esters is 1. The van der Waals surface area contributed by atoms with Crippen LogP contribution in [-0.4, -0.2) is 35.2 Å². The van der Waals surface area contributed by atoms with Crippen molar-refractivity contribution in [3.05, 3.63) is 39.9 Å². The summed E-state index contributed by atoms with van der Waals surface area (Å²) < 4.78 is 10.0. The van der Waals surface area contributed by atoms with Crippen molar-refractivity contribution in [2.24, 2.45) is 0 Å². The number of hydrogen-bond donors (Lipinski definition) is 1. The maximum absolute atomic E-state index is 12.1. The largest absolute Gasteiger partial charge is 0.464 e. The van der Waals surface area contributed by atoms with Gasteiger partial charge >= 0.3 is 12.1 Å². The van der Waals surface area contributed by atoms with Gasteiger partial charge in [-0.3, -0.25) is 10.1 Å². The number of benzene rings is 1. The maximum Gasteiger partial charge on any atom is 0.408 e. The van der Waals surface area contributed by atoms with Crippen molar-refractivity contribution < 1.29 is 24.0 Å². The summed E-state index contributed by atoms with van der Waals surface area (Å²) in [4.78, 5) is 34.5. The zero-order valence-electron chi connectivity index (χ0n) is 14.2. The van der Waals surface area contributed by atoms with Crippen molar-refractivity contribution in [1.82, 2.24) is 5.32 Å². The average Bonchev–Trinajstić information content (AvgIpc) is 2.45. The van der Waals surface area contributed by atoms with Crippen LogP contribution in [0.15, 0.2) is 24.3 Å². The fraction of sp³-hybridized carbons (Fsp3) is 0.500. The van der Waals surface area contributed by atoms with Gasteiger partial charge in [-0.25, -0.2) is 9.59 Å². The van der Waals surface area contributed by atoms with E-state index in [1.54, 1.807) is 33.8 Å². The predicted octanol–water partition coefficient (Wildman–Crippen LogP) is 2.59. The van der Waals surface area contributed by atoms with Gasteiger partial charge in [0.15, 0.2) is 0 Å². The minimum Gasteiger partial charge on any atom is -0.464 e. The molecule has 0 aliphatic heterocycles. The summed E-state index contributed by atoms with van der Waals surface area (Å²) in [6.45, 7) is 6.82. The second kappa shape index (κ2) is 8.28. The summed E-state index contributed by atoms with van der Waals surface area (Å²) in [5.41, 5.74) is -0.545. The third kappa shape index (κ3) is 6.23. The number of nitro groups is 1. The first-order chi connectivity index (χ1) is 11.1. The molecule has 1 aromatic carbocycles. The van der Waals surface area contributed by atoms with E-state index in [2.05, 4.69) is 5.32 Å². The Morgan fingerprint density at radius 2 is 1.92 bits per heavy atom. The zero-order chi connectivity index (χ0) is 18.3. The molecule has 24 heavy (non-hydrogen) atoms. The Bertz CT molecular complexity index is 609. The molecule has 0 aliphatic rings. The third-order valence-electron chi connectivity index (χ3n) is 2.87. The molecule has 1 atom stereocenters. The van der Waals surface area contributed by atoms with Crippen molar-refractivity contribution in [2.45, 2.75) is 45.8 Å². The molecule has 0 aliphatic carbocycles. The predicted molar refractivity (Wildman–Crippen MR) is 86.6 cm³/mol. The van der Waals surface area contributed by atoms with E-state index in [0.29, 0.717) is 5.56 Å². The number of carbonyl (C=O) groups excluding carboxylic acids is 2. The van der Waals surface area contributed by atoms with Crippen LogP contribution in [0.1, 0.15) is 33.3 Å². The van der Waals surface area contributed by atoms with Crippen molar-refractivity contribution in [2.75, 3.05) is 6.61 Å². The van der Waals surface area contributed by atoms with Crippen molar-refractivity contribution in [1.29, 1.82) is 0 Å². The highest BCUT2D eigenvalue weighted by Gasteiger charge is 2.28. The van der Waals surface area contributed by atoms with Crippen LogP contribution >= 0.6 is 0 Å². The number of nitro benzene ring substituents is 1. The van der Waals surface area contributed by atoms with E-state index < -0.39 is 28.6 Å². The first kappa shape index (κ1) is 19.4. The Kier molecular flexibility index (Phi) is 6.69. The smallest absolute Gasteiger partial charge is 0.408 e. The summed E-state index contributed by atoms with van der Waals surface area (Å²) in [5.74, 6) is -0.679. The van der Waals surface area contributed by atoms with E-state index in [9.17, 15) is 19.7 Å². The molecule has 8 nitrogen and oxygen atoms in total. The summed E-state index contributed by atoms with van der Waals surface area (Å²) >= 11 is 0. The molecule has 8 heteroatoms. The number of carbonyl (C=O) groups is 2. The van der Waals surface area contributed by atoms with Crippen molar-refractivity contribution in [3.63, 3.8) is 0 Å². The standard InChI is InChI=1S/C16H22N2O6/c1-5-23-14(19)12(17-15(20)24-16(2,3)4)10-11-8-6-7-9-13(11)18(21)22/h6-9,12H,5,10H2,1-4H3,(H,17,20)/t12-/m0/s1. The van der Waals surface area contributed by atoms with Crippen molar-refractivity contribution in [3.8, 4) is 0 Å². The van der Waals surface area contributed by atoms with Gasteiger partial charge in [0.25, 0.3) is 5.69 Å². The molecule has 0 spiro atoms. The van der Waals surface area contributed by atoms with Gasteiger partial charge in [0.05, 0.1) is 11.5 Å². The maximum atomic E-state index is 12.1. The number of nitrogens with zero attached hydrogens (tertiary/aromatic N) is 1. The van der Waals surface area contributed by atoms with Crippen LogP contribution in [0.4, 0.5) is 10.5 Å². The molecule has 1 N–H and O–H groups in total. The summed E-state index contributed by atoms with van der Waals surface area (Å²) in [6, 6.07) is 4.94. The highest BCUT2D eigenvalue weighted by atomic mass is 16.6. The minimum absolute atomic E-state index is 0.0742. The van der Waals surface area contributed by atoms with E-state index >= 15 is 0 Å². The first-order valence-electron chi connectivity index (χ1n) is 7.52. The van der Waals surface area contributed by atoms with Gasteiger partial charge in [-0.15, -0.1) is 0 Å². The van der Waals surface area contributed by atoms with E-state index in [1.807, 2.05) is 0 Å². The number of ether oxygens (including phenoxy) is 2. The number of rotatable bonds is 6.